The van der Waals surface area contributed by atoms with Gasteiger partial charge in [0.25, 0.3) is 0 Å². The van der Waals surface area contributed by atoms with Gasteiger partial charge >= 0.3 is 0 Å². The summed E-state index contributed by atoms with van der Waals surface area (Å²) < 4.78 is 5.49. The Labute approximate surface area is 297 Å². The van der Waals surface area contributed by atoms with Gasteiger partial charge in [-0.1, -0.05) is 140 Å². The topological polar surface area (TPSA) is 0 Å². The maximum absolute atomic E-state index is 2.46. The fraction of sp³-hybridized carbons (Fsp3) is 0. The Hall–Kier alpha value is -5.80. The van der Waals surface area contributed by atoms with Crippen molar-refractivity contribution in [1.29, 1.82) is 0 Å². The Balaban J connectivity index is 1.14. The fourth-order valence-corrected chi connectivity index (χ4v) is 10.8. The number of hydrogen-bond acceptors (Lipinski definition) is 2. The molecule has 0 aliphatic carbocycles. The predicted octanol–water partition coefficient (Wildman–Crippen LogP) is 14.9. The van der Waals surface area contributed by atoms with E-state index in [9.17, 15) is 0 Å². The van der Waals surface area contributed by atoms with E-state index < -0.39 is 0 Å². The maximum Gasteiger partial charge on any atom is 0.0540 e. The van der Waals surface area contributed by atoms with Crippen LogP contribution in [0.3, 0.4) is 0 Å². The lowest BCUT2D eigenvalue weighted by molar-refractivity contribution is 1.66. The first-order valence-electron chi connectivity index (χ1n) is 17.1. The minimum Gasteiger partial charge on any atom is -0.134 e. The maximum atomic E-state index is 2.46. The zero-order valence-corrected chi connectivity index (χ0v) is 28.6. The van der Waals surface area contributed by atoms with E-state index in [1.165, 1.54) is 106 Å². The summed E-state index contributed by atoms with van der Waals surface area (Å²) in [5.41, 5.74) is 7.66. The fourth-order valence-electron chi connectivity index (χ4n) is 8.22. The van der Waals surface area contributed by atoms with Crippen molar-refractivity contribution in [2.45, 2.75) is 0 Å². The molecule has 0 N–H and O–H groups in total. The molecule has 0 nitrogen and oxygen atoms in total. The van der Waals surface area contributed by atoms with Crippen molar-refractivity contribution in [2.75, 3.05) is 0 Å². The van der Waals surface area contributed by atoms with Gasteiger partial charge in [-0.15, -0.1) is 22.7 Å². The van der Waals surface area contributed by atoms with E-state index in [1.54, 1.807) is 0 Å². The molecule has 0 spiro atoms. The van der Waals surface area contributed by atoms with E-state index in [0.717, 1.165) is 0 Å². The van der Waals surface area contributed by atoms with Gasteiger partial charge in [0.2, 0.25) is 0 Å². The van der Waals surface area contributed by atoms with Crippen molar-refractivity contribution in [2.24, 2.45) is 0 Å². The third-order valence-corrected chi connectivity index (χ3v) is 12.9. The SMILES string of the molecule is c1ccc(-c2c3ccccc3c(-c3ccc4cc(-c5cc6c7ccccc7sc6c6sc7ccccc7c56)ccc4c3)c3ccccc23)cc1. The van der Waals surface area contributed by atoms with Crippen LogP contribution in [0.4, 0.5) is 0 Å². The van der Waals surface area contributed by atoms with Gasteiger partial charge in [-0.25, -0.2) is 0 Å². The summed E-state index contributed by atoms with van der Waals surface area (Å²) in [6.45, 7) is 0. The van der Waals surface area contributed by atoms with Gasteiger partial charge in [-0.2, -0.15) is 0 Å². The van der Waals surface area contributed by atoms with Crippen LogP contribution < -0.4 is 0 Å². The molecule has 0 aliphatic rings. The molecule has 232 valence electrons. The molecule has 11 aromatic rings. The molecule has 0 saturated heterocycles. The van der Waals surface area contributed by atoms with Crippen LogP contribution in [0, 0.1) is 0 Å². The predicted molar refractivity (Wildman–Crippen MR) is 221 cm³/mol. The van der Waals surface area contributed by atoms with Crippen LogP contribution in [0.2, 0.25) is 0 Å². The van der Waals surface area contributed by atoms with Gasteiger partial charge in [-0.05, 0) is 96.0 Å². The average molecular weight is 669 g/mol. The first-order valence-corrected chi connectivity index (χ1v) is 18.7. The summed E-state index contributed by atoms with van der Waals surface area (Å²) in [5.74, 6) is 0. The Morgan fingerprint density at radius 3 is 1.44 bits per heavy atom. The van der Waals surface area contributed by atoms with Crippen molar-refractivity contribution in [3.05, 3.63) is 170 Å². The molecule has 0 fully saturated rings. The van der Waals surface area contributed by atoms with E-state index in [0.29, 0.717) is 0 Å². The zero-order valence-electron chi connectivity index (χ0n) is 27.0. The summed E-state index contributed by atoms with van der Waals surface area (Å²) in [5, 5.41) is 13.0. The summed E-state index contributed by atoms with van der Waals surface area (Å²) in [6, 6.07) is 62.9. The minimum atomic E-state index is 1.25. The van der Waals surface area contributed by atoms with E-state index >= 15 is 0 Å². The van der Waals surface area contributed by atoms with E-state index in [1.807, 2.05) is 22.7 Å². The lowest BCUT2D eigenvalue weighted by Crippen LogP contribution is -1.91. The average Bonchev–Trinajstić information content (AvgIpc) is 3.76. The molecule has 0 unspecified atom stereocenters. The van der Waals surface area contributed by atoms with Gasteiger partial charge in [0.1, 0.15) is 0 Å². The van der Waals surface area contributed by atoms with Crippen molar-refractivity contribution >= 4 is 95.3 Å². The first-order chi connectivity index (χ1) is 24.8. The van der Waals surface area contributed by atoms with Crippen molar-refractivity contribution in [3.8, 4) is 33.4 Å². The quantitative estimate of drug-likeness (QED) is 0.164. The number of thiophene rings is 2. The second-order valence-corrected chi connectivity index (χ2v) is 15.3. The largest absolute Gasteiger partial charge is 0.134 e. The lowest BCUT2D eigenvalue weighted by Gasteiger charge is -2.18. The smallest absolute Gasteiger partial charge is 0.0540 e. The summed E-state index contributed by atoms with van der Waals surface area (Å²) in [7, 11) is 0. The number of hydrogen-bond donors (Lipinski definition) is 0. The van der Waals surface area contributed by atoms with Crippen LogP contribution >= 0.6 is 22.7 Å². The third kappa shape index (κ3) is 4.10. The zero-order chi connectivity index (χ0) is 32.8. The molecule has 2 heteroatoms. The highest BCUT2D eigenvalue weighted by molar-refractivity contribution is 7.33. The molecule has 2 aromatic heterocycles. The van der Waals surface area contributed by atoms with Crippen LogP contribution in [0.25, 0.3) is 106 Å². The van der Waals surface area contributed by atoms with Crippen LogP contribution in [0.5, 0.6) is 0 Å². The highest BCUT2D eigenvalue weighted by Crippen LogP contribution is 2.49. The Morgan fingerprint density at radius 2 is 0.780 bits per heavy atom. The van der Waals surface area contributed by atoms with E-state index in [2.05, 4.69) is 170 Å². The van der Waals surface area contributed by atoms with E-state index in [-0.39, 0.29) is 0 Å². The van der Waals surface area contributed by atoms with Crippen molar-refractivity contribution < 1.29 is 0 Å². The molecule has 2 heterocycles. The van der Waals surface area contributed by atoms with Crippen molar-refractivity contribution in [1.82, 2.24) is 0 Å². The molecule has 50 heavy (non-hydrogen) atoms. The monoisotopic (exact) mass is 668 g/mol. The molecule has 0 radical (unpaired) electrons. The Kier molecular flexibility index (Phi) is 6.09. The summed E-state index contributed by atoms with van der Waals surface area (Å²) in [4.78, 5) is 0. The molecule has 0 saturated carbocycles. The van der Waals surface area contributed by atoms with Crippen LogP contribution in [0.15, 0.2) is 170 Å². The lowest BCUT2D eigenvalue weighted by atomic mass is 9.85. The van der Waals surface area contributed by atoms with Gasteiger partial charge in [-0.3, -0.25) is 0 Å². The molecular formula is C48H28S2. The van der Waals surface area contributed by atoms with E-state index in [4.69, 9.17) is 0 Å². The molecule has 0 aliphatic heterocycles. The van der Waals surface area contributed by atoms with Gasteiger partial charge in [0.15, 0.2) is 0 Å². The highest BCUT2D eigenvalue weighted by atomic mass is 32.1. The van der Waals surface area contributed by atoms with Crippen molar-refractivity contribution in [3.63, 3.8) is 0 Å². The van der Waals surface area contributed by atoms with Crippen LogP contribution in [0.1, 0.15) is 0 Å². The number of rotatable bonds is 3. The van der Waals surface area contributed by atoms with Gasteiger partial charge in [0.05, 0.1) is 9.40 Å². The summed E-state index contributed by atoms with van der Waals surface area (Å²) >= 11 is 3.85. The molecule has 9 aromatic carbocycles. The second-order valence-electron chi connectivity index (χ2n) is 13.2. The van der Waals surface area contributed by atoms with Crippen LogP contribution in [-0.2, 0) is 0 Å². The molecular weight excluding hydrogens is 641 g/mol. The van der Waals surface area contributed by atoms with Crippen LogP contribution in [-0.4, -0.2) is 0 Å². The Bertz CT molecular complexity index is 3080. The normalized spacial score (nSPS) is 12.0. The summed E-state index contributed by atoms with van der Waals surface area (Å²) in [6.07, 6.45) is 0. The first kappa shape index (κ1) is 28.1. The third-order valence-electron chi connectivity index (χ3n) is 10.4. The Morgan fingerprint density at radius 1 is 0.300 bits per heavy atom. The molecule has 0 bridgehead atoms. The highest BCUT2D eigenvalue weighted by Gasteiger charge is 2.19. The molecule has 0 amide bonds. The second kappa shape index (κ2) is 10.9. The molecule has 0 atom stereocenters. The minimum absolute atomic E-state index is 1.25. The number of benzene rings is 9. The number of fused-ring (bicyclic) bond motifs is 10. The van der Waals surface area contributed by atoms with Gasteiger partial charge in [0, 0.05) is 30.9 Å². The molecule has 11 rings (SSSR count). The van der Waals surface area contributed by atoms with Gasteiger partial charge < -0.3 is 0 Å². The standard InChI is InChI=1S/C48H28S2/c1-2-12-29(13-3-1)44-35-15-4-6-17-37(35)45(38-18-7-5-16-36(38)44)33-25-23-30-26-32(24-22-31(30)27-33)40-28-41-34-14-8-10-20-42(34)49-47(41)48-46(40)39-19-9-11-21-43(39)50-48/h1-28H.